The summed E-state index contributed by atoms with van der Waals surface area (Å²) in [6.07, 6.45) is 12.7. The van der Waals surface area contributed by atoms with Gasteiger partial charge >= 0.3 is 0 Å². The predicted molar refractivity (Wildman–Crippen MR) is 78.1 cm³/mol. The number of carbonyl (C=O) groups excluding carboxylic acids is 1. The Kier molecular flexibility index (Phi) is 4.26. The molecule has 0 aromatic carbocycles. The molecule has 0 bridgehead atoms. The summed E-state index contributed by atoms with van der Waals surface area (Å²) in [7, 11) is 0. The summed E-state index contributed by atoms with van der Waals surface area (Å²) >= 11 is 0. The average Bonchev–Trinajstić information content (AvgIpc) is 2.86. The summed E-state index contributed by atoms with van der Waals surface area (Å²) in [6, 6.07) is 1.39. The van der Waals surface area contributed by atoms with Crippen molar-refractivity contribution in [1.29, 1.82) is 0 Å². The van der Waals surface area contributed by atoms with E-state index in [0.29, 0.717) is 17.7 Å². The first-order chi connectivity index (χ1) is 9.25. The fraction of sp³-hybridized carbons (Fsp3) is 0.941. The number of rotatable bonds is 2. The molecule has 19 heavy (non-hydrogen) atoms. The molecule has 1 aliphatic heterocycles. The average molecular weight is 263 g/mol. The minimum atomic E-state index is 0.389. The quantitative estimate of drug-likeness (QED) is 0.755. The van der Waals surface area contributed by atoms with Crippen molar-refractivity contribution >= 4 is 5.78 Å². The molecule has 108 valence electrons. The summed E-state index contributed by atoms with van der Waals surface area (Å²) < 4.78 is 0. The number of hydrogen-bond donors (Lipinski definition) is 0. The number of hydrogen-bond acceptors (Lipinski definition) is 2. The summed E-state index contributed by atoms with van der Waals surface area (Å²) in [6.45, 7) is 3.65. The zero-order chi connectivity index (χ0) is 13.2. The van der Waals surface area contributed by atoms with Crippen LogP contribution in [0.4, 0.5) is 0 Å². The number of piperidine rings is 1. The maximum Gasteiger partial charge on any atom is 0.137 e. The van der Waals surface area contributed by atoms with E-state index in [1.807, 2.05) is 0 Å². The lowest BCUT2D eigenvalue weighted by Gasteiger charge is -2.45. The largest absolute Gasteiger partial charge is 0.299 e. The molecule has 0 aromatic heterocycles. The molecule has 0 aromatic rings. The highest BCUT2D eigenvalue weighted by molar-refractivity contribution is 5.83. The van der Waals surface area contributed by atoms with Crippen LogP contribution in [0.15, 0.2) is 0 Å². The SMILES string of the molecule is CC1CCC(N2CCCCC2C2CCCC2=O)CC1. The molecule has 2 atom stereocenters. The zero-order valence-electron chi connectivity index (χ0n) is 12.4. The van der Waals surface area contributed by atoms with Crippen LogP contribution in [0, 0.1) is 11.8 Å². The topological polar surface area (TPSA) is 20.3 Å². The number of ketones is 1. The van der Waals surface area contributed by atoms with Gasteiger partial charge in [0.1, 0.15) is 5.78 Å². The predicted octanol–water partition coefficient (Wildman–Crippen LogP) is 3.79. The van der Waals surface area contributed by atoms with E-state index >= 15 is 0 Å². The first-order valence-electron chi connectivity index (χ1n) is 8.54. The Morgan fingerprint density at radius 1 is 0.947 bits per heavy atom. The molecule has 2 saturated carbocycles. The van der Waals surface area contributed by atoms with Crippen LogP contribution in [0.1, 0.15) is 71.1 Å². The summed E-state index contributed by atoms with van der Waals surface area (Å²) in [5.74, 6) is 1.88. The molecular weight excluding hydrogens is 234 g/mol. The van der Waals surface area contributed by atoms with Crippen molar-refractivity contribution < 1.29 is 4.79 Å². The summed E-state index contributed by atoms with van der Waals surface area (Å²) in [4.78, 5) is 14.9. The molecule has 1 heterocycles. The summed E-state index contributed by atoms with van der Waals surface area (Å²) in [5.41, 5.74) is 0. The maximum absolute atomic E-state index is 12.1. The molecule has 2 heteroatoms. The fourth-order valence-electron chi connectivity index (χ4n) is 4.69. The van der Waals surface area contributed by atoms with Gasteiger partial charge < -0.3 is 0 Å². The molecular formula is C17H29NO. The van der Waals surface area contributed by atoms with E-state index < -0.39 is 0 Å². The smallest absolute Gasteiger partial charge is 0.137 e. The second kappa shape index (κ2) is 5.95. The number of Topliss-reactive ketones (excluding diaryl/α,β-unsaturated/α-hetero) is 1. The van der Waals surface area contributed by atoms with Gasteiger partial charge in [0, 0.05) is 24.4 Å². The standard InChI is InChI=1S/C17H29NO/c1-13-8-10-14(11-9-13)18-12-3-2-6-16(18)15-5-4-7-17(15)19/h13-16H,2-12H2,1H3. The highest BCUT2D eigenvalue weighted by Gasteiger charge is 2.39. The van der Waals surface area contributed by atoms with Crippen LogP contribution in [0.2, 0.25) is 0 Å². The van der Waals surface area contributed by atoms with Crippen LogP contribution in [0.25, 0.3) is 0 Å². The van der Waals surface area contributed by atoms with Crippen LogP contribution in [0.3, 0.4) is 0 Å². The molecule has 0 N–H and O–H groups in total. The minimum Gasteiger partial charge on any atom is -0.299 e. The highest BCUT2D eigenvalue weighted by Crippen LogP contribution is 2.37. The fourth-order valence-corrected chi connectivity index (χ4v) is 4.69. The van der Waals surface area contributed by atoms with Gasteiger partial charge in [-0.05, 0) is 63.8 Å². The lowest BCUT2D eigenvalue weighted by atomic mass is 9.82. The van der Waals surface area contributed by atoms with Crippen molar-refractivity contribution in [2.24, 2.45) is 11.8 Å². The van der Waals surface area contributed by atoms with E-state index in [0.717, 1.165) is 24.8 Å². The van der Waals surface area contributed by atoms with Crippen molar-refractivity contribution in [2.75, 3.05) is 6.54 Å². The second-order valence-electron chi connectivity index (χ2n) is 7.18. The van der Waals surface area contributed by atoms with Crippen molar-refractivity contribution in [1.82, 2.24) is 4.90 Å². The third-order valence-electron chi connectivity index (χ3n) is 5.86. The zero-order valence-corrected chi connectivity index (χ0v) is 12.4. The van der Waals surface area contributed by atoms with Crippen LogP contribution in [-0.2, 0) is 4.79 Å². The van der Waals surface area contributed by atoms with Gasteiger partial charge in [0.05, 0.1) is 0 Å². The molecule has 3 aliphatic rings. The number of likely N-dealkylation sites (tertiary alicyclic amines) is 1. The molecule has 0 radical (unpaired) electrons. The first kappa shape index (κ1) is 13.6. The van der Waals surface area contributed by atoms with Crippen LogP contribution in [-0.4, -0.2) is 29.3 Å². The van der Waals surface area contributed by atoms with E-state index in [1.54, 1.807) is 0 Å². The third kappa shape index (κ3) is 2.89. The normalized spacial score (nSPS) is 41.6. The van der Waals surface area contributed by atoms with Crippen LogP contribution < -0.4 is 0 Å². The highest BCUT2D eigenvalue weighted by atomic mass is 16.1. The Morgan fingerprint density at radius 3 is 2.42 bits per heavy atom. The maximum atomic E-state index is 12.1. The third-order valence-corrected chi connectivity index (χ3v) is 5.86. The summed E-state index contributed by atoms with van der Waals surface area (Å²) in [5, 5.41) is 0. The monoisotopic (exact) mass is 263 g/mol. The van der Waals surface area contributed by atoms with Crippen molar-refractivity contribution in [3.05, 3.63) is 0 Å². The molecule has 1 saturated heterocycles. The Balaban J connectivity index is 1.68. The lowest BCUT2D eigenvalue weighted by molar-refractivity contribution is -0.123. The van der Waals surface area contributed by atoms with Gasteiger partial charge in [0.15, 0.2) is 0 Å². The van der Waals surface area contributed by atoms with E-state index in [4.69, 9.17) is 0 Å². The van der Waals surface area contributed by atoms with Gasteiger partial charge in [-0.25, -0.2) is 0 Å². The Morgan fingerprint density at radius 2 is 1.74 bits per heavy atom. The van der Waals surface area contributed by atoms with Crippen LogP contribution >= 0.6 is 0 Å². The Labute approximate surface area is 117 Å². The Bertz CT molecular complexity index is 319. The van der Waals surface area contributed by atoms with E-state index in [1.165, 1.54) is 57.9 Å². The van der Waals surface area contributed by atoms with Gasteiger partial charge in [-0.2, -0.15) is 0 Å². The van der Waals surface area contributed by atoms with E-state index in [2.05, 4.69) is 11.8 Å². The van der Waals surface area contributed by atoms with Gasteiger partial charge in [-0.3, -0.25) is 9.69 Å². The minimum absolute atomic E-state index is 0.389. The molecule has 0 amide bonds. The first-order valence-corrected chi connectivity index (χ1v) is 8.54. The molecule has 0 spiro atoms. The molecule has 2 aliphatic carbocycles. The number of nitrogens with zero attached hydrogens (tertiary/aromatic N) is 1. The van der Waals surface area contributed by atoms with Crippen molar-refractivity contribution in [2.45, 2.75) is 83.2 Å². The van der Waals surface area contributed by atoms with Crippen molar-refractivity contribution in [3.8, 4) is 0 Å². The molecule has 2 unspecified atom stereocenters. The van der Waals surface area contributed by atoms with Gasteiger partial charge in [-0.1, -0.05) is 13.3 Å². The number of carbonyl (C=O) groups is 1. The van der Waals surface area contributed by atoms with Crippen LogP contribution in [0.5, 0.6) is 0 Å². The van der Waals surface area contributed by atoms with Gasteiger partial charge in [0.25, 0.3) is 0 Å². The molecule has 3 rings (SSSR count). The lowest BCUT2D eigenvalue weighted by Crippen LogP contribution is -2.51. The van der Waals surface area contributed by atoms with E-state index in [-0.39, 0.29) is 0 Å². The van der Waals surface area contributed by atoms with Gasteiger partial charge in [-0.15, -0.1) is 0 Å². The van der Waals surface area contributed by atoms with Gasteiger partial charge in [0.2, 0.25) is 0 Å². The van der Waals surface area contributed by atoms with E-state index in [9.17, 15) is 4.79 Å². The Hall–Kier alpha value is -0.370. The molecule has 2 nitrogen and oxygen atoms in total. The second-order valence-corrected chi connectivity index (χ2v) is 7.18. The molecule has 3 fully saturated rings. The van der Waals surface area contributed by atoms with Crippen molar-refractivity contribution in [3.63, 3.8) is 0 Å².